The second-order valence-electron chi connectivity index (χ2n) is 6.93. The molecule has 0 radical (unpaired) electrons. The van der Waals surface area contributed by atoms with Gasteiger partial charge >= 0.3 is 6.03 Å². The first kappa shape index (κ1) is 23.3. The van der Waals surface area contributed by atoms with Gasteiger partial charge in [0, 0.05) is 6.54 Å². The van der Waals surface area contributed by atoms with Gasteiger partial charge in [0.1, 0.15) is 5.75 Å². The Morgan fingerprint density at radius 3 is 2.56 bits per heavy atom. The zero-order chi connectivity index (χ0) is 22.9. The van der Waals surface area contributed by atoms with Crippen LogP contribution in [-0.4, -0.2) is 40.4 Å². The summed E-state index contributed by atoms with van der Waals surface area (Å²) in [7, 11) is 0. The number of imide groups is 1. The maximum Gasteiger partial charge on any atom is 0.321 e. The van der Waals surface area contributed by atoms with Crippen LogP contribution < -0.4 is 20.9 Å². The lowest BCUT2D eigenvalue weighted by Gasteiger charge is -2.14. The Kier molecular flexibility index (Phi) is 8.27. The molecule has 0 saturated heterocycles. The molecule has 3 rings (SSSR count). The van der Waals surface area contributed by atoms with Crippen LogP contribution in [0.4, 0.5) is 4.79 Å². The van der Waals surface area contributed by atoms with Crippen LogP contribution in [0.1, 0.15) is 26.7 Å². The van der Waals surface area contributed by atoms with Crippen molar-refractivity contribution in [3.05, 3.63) is 58.9 Å². The zero-order valence-corrected chi connectivity index (χ0v) is 18.9. The normalized spacial score (nSPS) is 10.7. The van der Waals surface area contributed by atoms with Gasteiger partial charge in [0.05, 0.1) is 29.0 Å². The third-order valence-electron chi connectivity index (χ3n) is 4.55. The van der Waals surface area contributed by atoms with Crippen LogP contribution in [-0.2, 0) is 4.79 Å². The molecule has 0 unspecified atom stereocenters. The molecule has 1 heterocycles. The SMILES string of the molecule is CCCCNC(=O)NC(=O)CSc1nc2ccccc2c(=O)n1-c1ccc(OCC)cc1. The van der Waals surface area contributed by atoms with Crippen molar-refractivity contribution in [1.82, 2.24) is 20.2 Å². The Morgan fingerprint density at radius 2 is 1.84 bits per heavy atom. The Labute approximate surface area is 190 Å². The number of ether oxygens (including phenoxy) is 1. The van der Waals surface area contributed by atoms with E-state index in [-0.39, 0.29) is 11.3 Å². The van der Waals surface area contributed by atoms with Crippen LogP contribution in [0, 0.1) is 0 Å². The van der Waals surface area contributed by atoms with Gasteiger partial charge in [-0.2, -0.15) is 0 Å². The summed E-state index contributed by atoms with van der Waals surface area (Å²) in [4.78, 5) is 41.9. The largest absolute Gasteiger partial charge is 0.494 e. The second-order valence-corrected chi connectivity index (χ2v) is 7.87. The van der Waals surface area contributed by atoms with Gasteiger partial charge in [-0.3, -0.25) is 19.5 Å². The van der Waals surface area contributed by atoms with Crippen molar-refractivity contribution in [2.24, 2.45) is 0 Å². The lowest BCUT2D eigenvalue weighted by molar-refractivity contribution is -0.117. The number of amides is 3. The average molecular weight is 455 g/mol. The molecule has 0 aliphatic rings. The van der Waals surface area contributed by atoms with E-state index in [2.05, 4.69) is 15.6 Å². The molecule has 0 saturated carbocycles. The number of carbonyl (C=O) groups is 2. The Morgan fingerprint density at radius 1 is 1.09 bits per heavy atom. The van der Waals surface area contributed by atoms with Gasteiger partial charge in [-0.25, -0.2) is 9.78 Å². The number of urea groups is 1. The van der Waals surface area contributed by atoms with Crippen molar-refractivity contribution in [3.63, 3.8) is 0 Å². The molecule has 0 atom stereocenters. The fourth-order valence-corrected chi connectivity index (χ4v) is 3.82. The Balaban J connectivity index is 1.85. The van der Waals surface area contributed by atoms with E-state index < -0.39 is 11.9 Å². The van der Waals surface area contributed by atoms with Crippen molar-refractivity contribution < 1.29 is 14.3 Å². The molecule has 3 amide bonds. The number of rotatable bonds is 9. The van der Waals surface area contributed by atoms with Gasteiger partial charge in [0.25, 0.3) is 5.56 Å². The molecule has 8 nitrogen and oxygen atoms in total. The van der Waals surface area contributed by atoms with Gasteiger partial charge in [-0.15, -0.1) is 0 Å². The van der Waals surface area contributed by atoms with Crippen molar-refractivity contribution >= 4 is 34.6 Å². The summed E-state index contributed by atoms with van der Waals surface area (Å²) in [6.07, 6.45) is 1.78. The highest BCUT2D eigenvalue weighted by Crippen LogP contribution is 2.22. The topological polar surface area (TPSA) is 102 Å². The number of carbonyl (C=O) groups excluding carboxylic acids is 2. The quantitative estimate of drug-likeness (QED) is 0.291. The van der Waals surface area contributed by atoms with Crippen molar-refractivity contribution in [2.75, 3.05) is 18.9 Å². The van der Waals surface area contributed by atoms with E-state index in [0.29, 0.717) is 40.6 Å². The van der Waals surface area contributed by atoms with E-state index in [1.165, 1.54) is 4.57 Å². The monoisotopic (exact) mass is 454 g/mol. The number of benzene rings is 2. The lowest BCUT2D eigenvalue weighted by atomic mass is 10.2. The Hall–Kier alpha value is -3.33. The summed E-state index contributed by atoms with van der Waals surface area (Å²) in [6.45, 7) is 4.96. The molecule has 3 aromatic rings. The summed E-state index contributed by atoms with van der Waals surface area (Å²) in [6, 6.07) is 13.6. The molecule has 0 aliphatic carbocycles. The van der Waals surface area contributed by atoms with Gasteiger partial charge in [0.2, 0.25) is 5.91 Å². The maximum absolute atomic E-state index is 13.2. The highest BCUT2D eigenvalue weighted by molar-refractivity contribution is 7.99. The standard InChI is InChI=1S/C23H26N4O4S/c1-3-5-14-24-22(30)26-20(28)15-32-23-25-19-9-7-6-8-18(19)21(29)27(23)16-10-12-17(13-11-16)31-4-2/h6-13H,3-5,14-15H2,1-2H3,(H2,24,26,28,30). The first-order valence-corrected chi connectivity index (χ1v) is 11.5. The molecular formula is C23H26N4O4S. The van der Waals surface area contributed by atoms with E-state index in [1.807, 2.05) is 13.8 Å². The minimum Gasteiger partial charge on any atom is -0.494 e. The van der Waals surface area contributed by atoms with Gasteiger partial charge in [-0.05, 0) is 49.7 Å². The van der Waals surface area contributed by atoms with E-state index in [4.69, 9.17) is 4.74 Å². The molecule has 0 spiro atoms. The molecule has 9 heteroatoms. The third kappa shape index (κ3) is 5.88. The molecule has 0 bridgehead atoms. The van der Waals surface area contributed by atoms with Crippen LogP contribution in [0.25, 0.3) is 16.6 Å². The third-order valence-corrected chi connectivity index (χ3v) is 5.49. The number of nitrogens with one attached hydrogen (secondary N) is 2. The number of para-hydroxylation sites is 1. The smallest absolute Gasteiger partial charge is 0.321 e. The minimum atomic E-state index is -0.528. The van der Waals surface area contributed by atoms with Gasteiger partial charge < -0.3 is 10.1 Å². The van der Waals surface area contributed by atoms with E-state index in [1.54, 1.807) is 48.5 Å². The maximum atomic E-state index is 13.2. The van der Waals surface area contributed by atoms with Crippen LogP contribution >= 0.6 is 11.8 Å². The summed E-state index contributed by atoms with van der Waals surface area (Å²) in [5, 5.41) is 5.77. The Bertz CT molecular complexity index is 1140. The molecule has 2 N–H and O–H groups in total. The van der Waals surface area contributed by atoms with Crippen LogP contribution in [0.15, 0.2) is 58.5 Å². The van der Waals surface area contributed by atoms with Crippen LogP contribution in [0.2, 0.25) is 0 Å². The van der Waals surface area contributed by atoms with E-state index in [9.17, 15) is 14.4 Å². The van der Waals surface area contributed by atoms with E-state index in [0.717, 1.165) is 24.6 Å². The number of hydrogen-bond acceptors (Lipinski definition) is 6. The lowest BCUT2D eigenvalue weighted by Crippen LogP contribution is -2.40. The fraction of sp³-hybridized carbons (Fsp3) is 0.304. The number of aromatic nitrogens is 2. The first-order chi connectivity index (χ1) is 15.5. The second kappa shape index (κ2) is 11.3. The first-order valence-electron chi connectivity index (χ1n) is 10.5. The molecular weight excluding hydrogens is 428 g/mol. The number of hydrogen-bond donors (Lipinski definition) is 2. The minimum absolute atomic E-state index is 0.0665. The van der Waals surface area contributed by atoms with Crippen LogP contribution in [0.5, 0.6) is 5.75 Å². The number of unbranched alkanes of at least 4 members (excludes halogenated alkanes) is 1. The van der Waals surface area contributed by atoms with Crippen LogP contribution in [0.3, 0.4) is 0 Å². The van der Waals surface area contributed by atoms with Gasteiger partial charge in [0.15, 0.2) is 5.16 Å². The van der Waals surface area contributed by atoms with Gasteiger partial charge in [-0.1, -0.05) is 37.2 Å². The number of fused-ring (bicyclic) bond motifs is 1. The fourth-order valence-electron chi connectivity index (χ4n) is 3.01. The average Bonchev–Trinajstić information content (AvgIpc) is 2.79. The summed E-state index contributed by atoms with van der Waals surface area (Å²) in [5.74, 6) is 0.161. The highest BCUT2D eigenvalue weighted by Gasteiger charge is 2.16. The number of thioether (sulfide) groups is 1. The van der Waals surface area contributed by atoms with Crippen molar-refractivity contribution in [3.8, 4) is 11.4 Å². The number of nitrogens with zero attached hydrogens (tertiary/aromatic N) is 2. The van der Waals surface area contributed by atoms with Crippen molar-refractivity contribution in [2.45, 2.75) is 31.8 Å². The molecule has 0 aliphatic heterocycles. The predicted octanol–water partition coefficient (Wildman–Crippen LogP) is 3.50. The zero-order valence-electron chi connectivity index (χ0n) is 18.1. The summed E-state index contributed by atoms with van der Waals surface area (Å²) >= 11 is 1.09. The molecule has 0 fully saturated rings. The predicted molar refractivity (Wildman–Crippen MR) is 126 cm³/mol. The highest BCUT2D eigenvalue weighted by atomic mass is 32.2. The molecule has 1 aromatic heterocycles. The van der Waals surface area contributed by atoms with E-state index >= 15 is 0 Å². The summed E-state index contributed by atoms with van der Waals surface area (Å²) < 4.78 is 6.95. The molecule has 2 aromatic carbocycles. The summed E-state index contributed by atoms with van der Waals surface area (Å²) in [5.41, 5.74) is 0.914. The van der Waals surface area contributed by atoms with Crippen molar-refractivity contribution in [1.29, 1.82) is 0 Å². The molecule has 32 heavy (non-hydrogen) atoms. The molecule has 168 valence electrons.